The number of aryl methyl sites for hydroxylation is 1. The summed E-state index contributed by atoms with van der Waals surface area (Å²) >= 11 is 0. The largest absolute Gasteiger partial charge is 0.349 e. The van der Waals surface area contributed by atoms with Crippen molar-refractivity contribution in [3.8, 4) is 5.69 Å². The van der Waals surface area contributed by atoms with Crippen molar-refractivity contribution >= 4 is 5.91 Å². The Morgan fingerprint density at radius 3 is 2.96 bits per heavy atom. The molecule has 0 spiro atoms. The first kappa shape index (κ1) is 15.7. The molecule has 0 bridgehead atoms. The molecule has 1 aliphatic rings. The average Bonchev–Trinajstić information content (AvgIpc) is 3.17. The molecule has 1 fully saturated rings. The minimum absolute atomic E-state index is 0.210. The lowest BCUT2D eigenvalue weighted by Crippen LogP contribution is -2.32. The van der Waals surface area contributed by atoms with Crippen molar-refractivity contribution in [1.29, 1.82) is 0 Å². The van der Waals surface area contributed by atoms with Gasteiger partial charge < -0.3 is 10.2 Å². The first-order chi connectivity index (χ1) is 11.1. The predicted octanol–water partition coefficient (Wildman–Crippen LogP) is 1.79. The van der Waals surface area contributed by atoms with Crippen LogP contribution in [-0.2, 0) is 0 Å². The highest BCUT2D eigenvalue weighted by molar-refractivity contribution is 5.90. The molecule has 6 heteroatoms. The van der Waals surface area contributed by atoms with Crippen LogP contribution >= 0.6 is 0 Å². The number of carbonyl (C=O) groups is 1. The van der Waals surface area contributed by atoms with E-state index in [9.17, 15) is 4.79 Å². The van der Waals surface area contributed by atoms with E-state index >= 15 is 0 Å². The second-order valence-electron chi connectivity index (χ2n) is 6.12. The van der Waals surface area contributed by atoms with Crippen LogP contribution in [0.2, 0.25) is 0 Å². The van der Waals surface area contributed by atoms with E-state index in [1.807, 2.05) is 31.2 Å². The fourth-order valence-corrected chi connectivity index (χ4v) is 3.08. The van der Waals surface area contributed by atoms with Gasteiger partial charge in [0.2, 0.25) is 5.82 Å². The van der Waals surface area contributed by atoms with E-state index in [2.05, 4.69) is 27.3 Å². The average molecular weight is 313 g/mol. The second kappa shape index (κ2) is 6.91. The summed E-state index contributed by atoms with van der Waals surface area (Å²) in [5.74, 6) is 0.00557. The summed E-state index contributed by atoms with van der Waals surface area (Å²) in [5.41, 5.74) is 2.03. The number of nitrogens with zero attached hydrogens (tertiary/aromatic N) is 4. The van der Waals surface area contributed by atoms with Gasteiger partial charge in [-0.1, -0.05) is 18.2 Å². The van der Waals surface area contributed by atoms with E-state index in [0.717, 1.165) is 24.2 Å². The minimum atomic E-state index is -0.210. The number of nitrogens with one attached hydrogen (secondary N) is 1. The van der Waals surface area contributed by atoms with E-state index in [1.54, 1.807) is 11.0 Å². The van der Waals surface area contributed by atoms with E-state index < -0.39 is 0 Å². The zero-order valence-electron chi connectivity index (χ0n) is 13.7. The van der Waals surface area contributed by atoms with Gasteiger partial charge in [-0.15, -0.1) is 5.10 Å². The molecule has 122 valence electrons. The molecule has 2 aromatic rings. The van der Waals surface area contributed by atoms with E-state index in [4.69, 9.17) is 0 Å². The number of carbonyl (C=O) groups excluding carboxylic acids is 1. The summed E-state index contributed by atoms with van der Waals surface area (Å²) in [7, 11) is 2.14. The van der Waals surface area contributed by atoms with Gasteiger partial charge in [0.05, 0.1) is 5.69 Å². The minimum Gasteiger partial charge on any atom is -0.349 e. The lowest BCUT2D eigenvalue weighted by Gasteiger charge is -2.18. The molecular weight excluding hydrogens is 290 g/mol. The van der Waals surface area contributed by atoms with E-state index in [1.165, 1.54) is 12.8 Å². The van der Waals surface area contributed by atoms with Gasteiger partial charge in [-0.3, -0.25) is 4.79 Å². The quantitative estimate of drug-likeness (QED) is 0.914. The summed E-state index contributed by atoms with van der Waals surface area (Å²) in [6, 6.07) is 8.47. The van der Waals surface area contributed by atoms with Crippen LogP contribution in [0.15, 0.2) is 30.6 Å². The normalized spacial score (nSPS) is 18.3. The maximum absolute atomic E-state index is 12.2. The van der Waals surface area contributed by atoms with Crippen molar-refractivity contribution in [2.75, 3.05) is 20.1 Å². The van der Waals surface area contributed by atoms with Crippen LogP contribution in [0.4, 0.5) is 0 Å². The lowest BCUT2D eigenvalue weighted by atomic mass is 10.1. The van der Waals surface area contributed by atoms with Gasteiger partial charge in [0.1, 0.15) is 6.33 Å². The van der Waals surface area contributed by atoms with Crippen LogP contribution in [0.25, 0.3) is 5.69 Å². The Labute approximate surface area is 136 Å². The monoisotopic (exact) mass is 313 g/mol. The highest BCUT2D eigenvalue weighted by Gasteiger charge is 2.20. The number of amides is 1. The molecule has 2 heterocycles. The van der Waals surface area contributed by atoms with Gasteiger partial charge in [0.25, 0.3) is 5.91 Å². The summed E-state index contributed by atoms with van der Waals surface area (Å²) in [4.78, 5) is 18.7. The molecule has 1 atom stereocenters. The lowest BCUT2D eigenvalue weighted by molar-refractivity contribution is 0.0940. The summed E-state index contributed by atoms with van der Waals surface area (Å²) in [6.07, 6.45) is 5.02. The third kappa shape index (κ3) is 3.59. The number of para-hydroxylation sites is 1. The van der Waals surface area contributed by atoms with E-state index in [0.29, 0.717) is 12.6 Å². The third-order valence-corrected chi connectivity index (χ3v) is 4.49. The summed E-state index contributed by atoms with van der Waals surface area (Å²) in [6.45, 7) is 3.82. The molecule has 3 rings (SSSR count). The fourth-order valence-electron chi connectivity index (χ4n) is 3.08. The van der Waals surface area contributed by atoms with E-state index in [-0.39, 0.29) is 11.7 Å². The fraction of sp³-hybridized carbons (Fsp3) is 0.471. The molecule has 1 aromatic heterocycles. The van der Waals surface area contributed by atoms with Crippen molar-refractivity contribution in [3.05, 3.63) is 42.0 Å². The smallest absolute Gasteiger partial charge is 0.290 e. The molecule has 1 aromatic carbocycles. The number of hydrogen-bond donors (Lipinski definition) is 1. The van der Waals surface area contributed by atoms with Gasteiger partial charge in [-0.25, -0.2) is 9.67 Å². The number of aromatic nitrogens is 3. The van der Waals surface area contributed by atoms with Gasteiger partial charge in [-0.2, -0.15) is 0 Å². The molecule has 1 unspecified atom stereocenters. The number of benzene rings is 1. The van der Waals surface area contributed by atoms with Crippen molar-refractivity contribution in [2.45, 2.75) is 32.2 Å². The first-order valence-corrected chi connectivity index (χ1v) is 8.11. The Hall–Kier alpha value is -2.21. The van der Waals surface area contributed by atoms with Gasteiger partial charge in [0, 0.05) is 12.6 Å². The molecule has 1 N–H and O–H groups in total. The highest BCUT2D eigenvalue weighted by atomic mass is 16.2. The molecule has 0 aliphatic carbocycles. The molecule has 6 nitrogen and oxygen atoms in total. The molecule has 1 aliphatic heterocycles. The standard InChI is InChI=1S/C17H23N5O/c1-13-6-3-4-8-15(13)22-12-19-16(20-22)17(23)18-10-9-14-7-5-11-21(14)2/h3-4,6,8,12,14H,5,7,9-11H2,1-2H3,(H,18,23). The second-order valence-corrected chi connectivity index (χ2v) is 6.12. The number of likely N-dealkylation sites (tertiary alicyclic amines) is 1. The number of rotatable bonds is 5. The maximum Gasteiger partial charge on any atom is 0.290 e. The Kier molecular flexibility index (Phi) is 4.71. The topological polar surface area (TPSA) is 63.1 Å². The van der Waals surface area contributed by atoms with Crippen molar-refractivity contribution < 1.29 is 4.79 Å². The maximum atomic E-state index is 12.2. The summed E-state index contributed by atoms with van der Waals surface area (Å²) in [5, 5.41) is 7.21. The molecular formula is C17H23N5O. The zero-order valence-corrected chi connectivity index (χ0v) is 13.7. The Morgan fingerprint density at radius 2 is 2.22 bits per heavy atom. The molecule has 0 radical (unpaired) electrons. The molecule has 1 amide bonds. The Morgan fingerprint density at radius 1 is 1.39 bits per heavy atom. The Bertz CT molecular complexity index is 681. The third-order valence-electron chi connectivity index (χ3n) is 4.49. The molecule has 23 heavy (non-hydrogen) atoms. The number of hydrogen-bond acceptors (Lipinski definition) is 4. The highest BCUT2D eigenvalue weighted by Crippen LogP contribution is 2.17. The van der Waals surface area contributed by atoms with Crippen LogP contribution in [0, 0.1) is 6.92 Å². The van der Waals surface area contributed by atoms with Crippen LogP contribution in [0.3, 0.4) is 0 Å². The SMILES string of the molecule is Cc1ccccc1-n1cnc(C(=O)NCCC2CCCN2C)n1. The van der Waals surface area contributed by atoms with Gasteiger partial charge in [0.15, 0.2) is 0 Å². The van der Waals surface area contributed by atoms with Crippen LogP contribution < -0.4 is 5.32 Å². The van der Waals surface area contributed by atoms with Crippen LogP contribution in [0.1, 0.15) is 35.4 Å². The first-order valence-electron chi connectivity index (χ1n) is 8.11. The van der Waals surface area contributed by atoms with Crippen molar-refractivity contribution in [1.82, 2.24) is 25.0 Å². The van der Waals surface area contributed by atoms with Gasteiger partial charge in [-0.05, 0) is 51.4 Å². The zero-order chi connectivity index (χ0) is 16.2. The molecule has 0 saturated carbocycles. The van der Waals surface area contributed by atoms with Crippen molar-refractivity contribution in [3.63, 3.8) is 0 Å². The Balaban J connectivity index is 1.57. The summed E-state index contributed by atoms with van der Waals surface area (Å²) < 4.78 is 1.65. The van der Waals surface area contributed by atoms with Gasteiger partial charge >= 0.3 is 0 Å². The molecule has 1 saturated heterocycles. The predicted molar refractivity (Wildman–Crippen MR) is 88.7 cm³/mol. The van der Waals surface area contributed by atoms with Crippen molar-refractivity contribution in [2.24, 2.45) is 0 Å². The van der Waals surface area contributed by atoms with Crippen LogP contribution in [-0.4, -0.2) is 51.8 Å². The van der Waals surface area contributed by atoms with Crippen LogP contribution in [0.5, 0.6) is 0 Å².